The first-order chi connectivity index (χ1) is 16.6. The Balaban J connectivity index is 1.57. The number of methoxy groups -OCH3 is 3. The van der Waals surface area contributed by atoms with Crippen LogP contribution in [0.3, 0.4) is 0 Å². The van der Waals surface area contributed by atoms with Gasteiger partial charge < -0.3 is 19.5 Å². The topological polar surface area (TPSA) is 87.5 Å². The molecule has 8 nitrogen and oxygen atoms in total. The van der Waals surface area contributed by atoms with E-state index in [1.807, 2.05) is 59.2 Å². The minimum Gasteiger partial charge on any atom is -0.497 e. The molecule has 4 rings (SSSR count). The smallest absolute Gasteiger partial charge is 0.234 e. The molecule has 9 heteroatoms. The van der Waals surface area contributed by atoms with Crippen molar-refractivity contribution in [3.05, 3.63) is 72.8 Å². The first-order valence-corrected chi connectivity index (χ1v) is 11.4. The Labute approximate surface area is 201 Å². The summed E-state index contributed by atoms with van der Waals surface area (Å²) in [5.74, 6) is 2.53. The van der Waals surface area contributed by atoms with Crippen LogP contribution in [-0.4, -0.2) is 47.8 Å². The van der Waals surface area contributed by atoms with Gasteiger partial charge in [-0.1, -0.05) is 30.0 Å². The maximum absolute atomic E-state index is 12.7. The van der Waals surface area contributed by atoms with Crippen molar-refractivity contribution >= 4 is 23.4 Å². The number of para-hydroxylation sites is 1. The molecule has 0 atom stereocenters. The number of nitrogens with zero attached hydrogens (tertiary/aromatic N) is 3. The molecule has 3 aromatic carbocycles. The van der Waals surface area contributed by atoms with E-state index in [0.717, 1.165) is 17.0 Å². The monoisotopic (exact) mass is 476 g/mol. The van der Waals surface area contributed by atoms with Crippen molar-refractivity contribution in [2.75, 3.05) is 32.4 Å². The van der Waals surface area contributed by atoms with Gasteiger partial charge in [0.15, 0.2) is 11.0 Å². The Hall–Kier alpha value is -3.98. The molecule has 1 amide bonds. The van der Waals surface area contributed by atoms with Gasteiger partial charge >= 0.3 is 0 Å². The standard InChI is InChI=1S/C25H24N4O4S/c1-31-19-11-9-17(10-12-19)24-27-28-25(29(24)18-7-5-4-6-8-18)34-16-23(30)26-21-15-20(32-2)13-14-22(21)33-3/h4-15H,16H2,1-3H3,(H,26,30). The number of nitrogens with one attached hydrogen (secondary N) is 1. The zero-order chi connectivity index (χ0) is 23.9. The van der Waals surface area contributed by atoms with Crippen molar-refractivity contribution in [1.82, 2.24) is 14.8 Å². The highest BCUT2D eigenvalue weighted by molar-refractivity contribution is 7.99. The van der Waals surface area contributed by atoms with Gasteiger partial charge in [-0.2, -0.15) is 0 Å². The summed E-state index contributed by atoms with van der Waals surface area (Å²) in [6.07, 6.45) is 0. The second-order valence-electron chi connectivity index (χ2n) is 7.11. The molecule has 1 N–H and O–H groups in total. The molecule has 1 heterocycles. The lowest BCUT2D eigenvalue weighted by atomic mass is 10.2. The second-order valence-corrected chi connectivity index (χ2v) is 8.05. The highest BCUT2D eigenvalue weighted by Gasteiger charge is 2.18. The van der Waals surface area contributed by atoms with Gasteiger partial charge in [0, 0.05) is 17.3 Å². The summed E-state index contributed by atoms with van der Waals surface area (Å²) in [5, 5.41) is 12.3. The minimum atomic E-state index is -0.204. The zero-order valence-electron chi connectivity index (χ0n) is 19.0. The lowest BCUT2D eigenvalue weighted by molar-refractivity contribution is -0.113. The van der Waals surface area contributed by atoms with Crippen molar-refractivity contribution < 1.29 is 19.0 Å². The first kappa shape index (κ1) is 23.2. The third kappa shape index (κ3) is 5.15. The molecule has 0 spiro atoms. The van der Waals surface area contributed by atoms with E-state index in [4.69, 9.17) is 14.2 Å². The summed E-state index contributed by atoms with van der Waals surface area (Å²) in [5.41, 5.74) is 2.32. The Kier molecular flexibility index (Phi) is 7.34. The molecule has 0 bridgehead atoms. The van der Waals surface area contributed by atoms with Gasteiger partial charge in [0.2, 0.25) is 5.91 Å². The van der Waals surface area contributed by atoms with E-state index in [-0.39, 0.29) is 11.7 Å². The van der Waals surface area contributed by atoms with Gasteiger partial charge in [0.05, 0.1) is 32.8 Å². The minimum absolute atomic E-state index is 0.133. The number of amides is 1. The molecular weight excluding hydrogens is 452 g/mol. The van der Waals surface area contributed by atoms with Gasteiger partial charge in [-0.3, -0.25) is 9.36 Å². The summed E-state index contributed by atoms with van der Waals surface area (Å²) < 4.78 is 17.8. The fourth-order valence-electron chi connectivity index (χ4n) is 3.33. The van der Waals surface area contributed by atoms with Gasteiger partial charge in [-0.25, -0.2) is 0 Å². The van der Waals surface area contributed by atoms with Crippen LogP contribution >= 0.6 is 11.8 Å². The van der Waals surface area contributed by atoms with Crippen LogP contribution in [0.4, 0.5) is 5.69 Å². The van der Waals surface area contributed by atoms with Crippen LogP contribution in [0, 0.1) is 0 Å². The van der Waals surface area contributed by atoms with Crippen LogP contribution < -0.4 is 19.5 Å². The summed E-state index contributed by atoms with van der Waals surface area (Å²) in [6.45, 7) is 0. The lowest BCUT2D eigenvalue weighted by Gasteiger charge is -2.12. The average molecular weight is 477 g/mol. The van der Waals surface area contributed by atoms with Gasteiger partial charge in [-0.05, 0) is 48.5 Å². The number of ether oxygens (including phenoxy) is 3. The Morgan fingerprint density at radius 2 is 1.59 bits per heavy atom. The van der Waals surface area contributed by atoms with Crippen molar-refractivity contribution in [1.29, 1.82) is 0 Å². The van der Waals surface area contributed by atoms with E-state index in [1.54, 1.807) is 39.5 Å². The quantitative estimate of drug-likeness (QED) is 0.351. The fraction of sp³-hybridized carbons (Fsp3) is 0.160. The third-order valence-corrected chi connectivity index (χ3v) is 5.94. The summed E-state index contributed by atoms with van der Waals surface area (Å²) in [6, 6.07) is 22.6. The molecule has 0 saturated heterocycles. The largest absolute Gasteiger partial charge is 0.497 e. The van der Waals surface area contributed by atoms with Crippen LogP contribution in [0.2, 0.25) is 0 Å². The van der Waals surface area contributed by atoms with Crippen LogP contribution in [0.25, 0.3) is 17.1 Å². The van der Waals surface area contributed by atoms with Gasteiger partial charge in [0.25, 0.3) is 0 Å². The second kappa shape index (κ2) is 10.8. The van der Waals surface area contributed by atoms with E-state index < -0.39 is 0 Å². The average Bonchev–Trinajstić information content (AvgIpc) is 3.32. The molecule has 0 aliphatic heterocycles. The number of aromatic nitrogens is 3. The van der Waals surface area contributed by atoms with Crippen LogP contribution in [-0.2, 0) is 4.79 Å². The van der Waals surface area contributed by atoms with Crippen LogP contribution in [0.15, 0.2) is 78.0 Å². The molecule has 0 fully saturated rings. The number of carbonyl (C=O) groups is 1. The van der Waals surface area contributed by atoms with Gasteiger partial charge in [-0.15, -0.1) is 10.2 Å². The van der Waals surface area contributed by atoms with E-state index in [2.05, 4.69) is 15.5 Å². The van der Waals surface area contributed by atoms with Crippen LogP contribution in [0.5, 0.6) is 17.2 Å². The Morgan fingerprint density at radius 3 is 2.26 bits per heavy atom. The normalized spacial score (nSPS) is 10.6. The van der Waals surface area contributed by atoms with Crippen LogP contribution in [0.1, 0.15) is 0 Å². The summed E-state index contributed by atoms with van der Waals surface area (Å²) in [7, 11) is 4.75. The van der Waals surface area contributed by atoms with Crippen molar-refractivity contribution in [2.45, 2.75) is 5.16 Å². The van der Waals surface area contributed by atoms with Crippen molar-refractivity contribution in [3.8, 4) is 34.3 Å². The molecule has 34 heavy (non-hydrogen) atoms. The zero-order valence-corrected chi connectivity index (χ0v) is 19.8. The molecular formula is C25H24N4O4S. The predicted molar refractivity (Wildman–Crippen MR) is 132 cm³/mol. The maximum atomic E-state index is 12.7. The Morgan fingerprint density at radius 1 is 0.882 bits per heavy atom. The van der Waals surface area contributed by atoms with Gasteiger partial charge in [0.1, 0.15) is 17.2 Å². The number of thioether (sulfide) groups is 1. The number of carbonyl (C=O) groups excluding carboxylic acids is 1. The molecule has 174 valence electrons. The molecule has 0 aliphatic carbocycles. The number of hydrogen-bond donors (Lipinski definition) is 1. The molecule has 0 aliphatic rings. The number of rotatable bonds is 9. The van der Waals surface area contributed by atoms with E-state index in [0.29, 0.717) is 28.2 Å². The molecule has 4 aromatic rings. The number of hydrogen-bond acceptors (Lipinski definition) is 7. The summed E-state index contributed by atoms with van der Waals surface area (Å²) >= 11 is 1.30. The van der Waals surface area contributed by atoms with E-state index in [1.165, 1.54) is 11.8 Å². The highest BCUT2D eigenvalue weighted by Crippen LogP contribution is 2.31. The summed E-state index contributed by atoms with van der Waals surface area (Å²) in [4.78, 5) is 12.7. The predicted octanol–water partition coefficient (Wildman–Crippen LogP) is 4.69. The fourth-order valence-corrected chi connectivity index (χ4v) is 4.08. The van der Waals surface area contributed by atoms with Crippen molar-refractivity contribution in [2.24, 2.45) is 0 Å². The SMILES string of the molecule is COc1ccc(-c2nnc(SCC(=O)Nc3cc(OC)ccc3OC)n2-c2ccccc2)cc1. The Bertz CT molecular complexity index is 1260. The first-order valence-electron chi connectivity index (χ1n) is 10.4. The van der Waals surface area contributed by atoms with E-state index in [9.17, 15) is 4.79 Å². The number of anilines is 1. The lowest BCUT2D eigenvalue weighted by Crippen LogP contribution is -2.15. The molecule has 0 unspecified atom stereocenters. The number of benzene rings is 3. The van der Waals surface area contributed by atoms with E-state index >= 15 is 0 Å². The third-order valence-electron chi connectivity index (χ3n) is 5.01. The molecule has 1 aromatic heterocycles. The molecule has 0 saturated carbocycles. The maximum Gasteiger partial charge on any atom is 0.234 e. The van der Waals surface area contributed by atoms with Crippen molar-refractivity contribution in [3.63, 3.8) is 0 Å². The highest BCUT2D eigenvalue weighted by atomic mass is 32.2. The molecule has 0 radical (unpaired) electrons.